The van der Waals surface area contributed by atoms with Crippen LogP contribution in [0.4, 0.5) is 0 Å². The molecule has 0 unspecified atom stereocenters. The molecule has 0 saturated heterocycles. The number of hydrogen-bond acceptors (Lipinski definition) is 2. The molecular weight excluding hydrogens is 318 g/mol. The molecule has 0 spiro atoms. The summed E-state index contributed by atoms with van der Waals surface area (Å²) in [5, 5.41) is 9.21. The lowest BCUT2D eigenvalue weighted by atomic mass is 9.75. The predicted molar refractivity (Wildman–Crippen MR) is 102 cm³/mol. The van der Waals surface area contributed by atoms with Crippen LogP contribution in [0.15, 0.2) is 60.9 Å². The van der Waals surface area contributed by atoms with Crippen molar-refractivity contribution in [3.63, 3.8) is 0 Å². The van der Waals surface area contributed by atoms with Crippen LogP contribution in [0.25, 0.3) is 11.4 Å². The predicted octanol–water partition coefficient (Wildman–Crippen LogP) is 5.11. The van der Waals surface area contributed by atoms with Crippen molar-refractivity contribution in [2.75, 3.05) is 0 Å². The minimum Gasteiger partial charge on any atom is -0.317 e. The Morgan fingerprint density at radius 3 is 2.62 bits per heavy atom. The third kappa shape index (κ3) is 2.08. The lowest BCUT2D eigenvalue weighted by Gasteiger charge is -2.36. The molecule has 2 heterocycles. The number of hydrogen-bond donors (Lipinski definition) is 0. The van der Waals surface area contributed by atoms with Crippen molar-refractivity contribution in [3.05, 3.63) is 77.6 Å². The van der Waals surface area contributed by atoms with Crippen LogP contribution < -0.4 is 0 Å². The van der Waals surface area contributed by atoms with Crippen LogP contribution in [-0.2, 0) is 5.54 Å². The smallest absolute Gasteiger partial charge is 0.141 e. The molecule has 2 aliphatic rings. The highest BCUT2D eigenvalue weighted by molar-refractivity contribution is 5.71. The first-order valence-corrected chi connectivity index (χ1v) is 9.47. The van der Waals surface area contributed by atoms with E-state index in [2.05, 4.69) is 58.2 Å². The van der Waals surface area contributed by atoms with Crippen molar-refractivity contribution >= 4 is 0 Å². The number of benzene rings is 2. The van der Waals surface area contributed by atoms with E-state index in [0.717, 1.165) is 18.2 Å². The first kappa shape index (κ1) is 15.4. The quantitative estimate of drug-likeness (QED) is 0.665. The topological polar surface area (TPSA) is 41.6 Å². The Bertz CT molecular complexity index is 987. The Hall–Kier alpha value is -2.86. The second-order valence-electron chi connectivity index (χ2n) is 7.57. The second kappa shape index (κ2) is 5.85. The van der Waals surface area contributed by atoms with Crippen LogP contribution in [0.2, 0.25) is 0 Å². The first-order valence-electron chi connectivity index (χ1n) is 9.47. The van der Waals surface area contributed by atoms with Crippen LogP contribution in [0.3, 0.4) is 0 Å². The van der Waals surface area contributed by atoms with E-state index in [0.29, 0.717) is 5.56 Å². The molecule has 1 aliphatic heterocycles. The van der Waals surface area contributed by atoms with Crippen LogP contribution in [0.5, 0.6) is 0 Å². The summed E-state index contributed by atoms with van der Waals surface area (Å²) >= 11 is 0. The third-order valence-electron chi connectivity index (χ3n) is 6.22. The molecule has 1 aliphatic carbocycles. The molecule has 26 heavy (non-hydrogen) atoms. The number of rotatable bonds is 3. The van der Waals surface area contributed by atoms with E-state index in [-0.39, 0.29) is 5.54 Å². The lowest BCUT2D eigenvalue weighted by molar-refractivity contribution is 0.332. The molecule has 3 aromatic rings. The van der Waals surface area contributed by atoms with E-state index in [1.165, 1.54) is 42.4 Å². The number of imidazole rings is 1. The maximum Gasteiger partial charge on any atom is 0.141 e. The van der Waals surface area contributed by atoms with Gasteiger partial charge in [-0.3, -0.25) is 0 Å². The van der Waals surface area contributed by atoms with Gasteiger partial charge in [-0.25, -0.2) is 4.98 Å². The van der Waals surface area contributed by atoms with Gasteiger partial charge in [-0.2, -0.15) is 5.26 Å². The molecule has 3 heteroatoms. The number of fused-ring (bicyclic) bond motifs is 3. The largest absolute Gasteiger partial charge is 0.317 e. The molecule has 3 nitrogen and oxygen atoms in total. The molecular formula is C23H21N3. The van der Waals surface area contributed by atoms with E-state index < -0.39 is 0 Å². The minimum atomic E-state index is -0.217. The van der Waals surface area contributed by atoms with Crippen molar-refractivity contribution in [2.45, 2.75) is 37.6 Å². The van der Waals surface area contributed by atoms with Crippen molar-refractivity contribution in [2.24, 2.45) is 5.92 Å². The zero-order chi connectivity index (χ0) is 17.6. The zero-order valence-electron chi connectivity index (χ0n) is 14.7. The van der Waals surface area contributed by atoms with Gasteiger partial charge in [0, 0.05) is 18.0 Å². The SMILES string of the molecule is N#Cc1ccc([C@]2(CC3CCCC3)c3ccccc3-c3nccn32)cc1. The first-order chi connectivity index (χ1) is 12.8. The fourth-order valence-corrected chi connectivity index (χ4v) is 5.05. The Kier molecular flexibility index (Phi) is 3.46. The Labute approximate surface area is 153 Å². The summed E-state index contributed by atoms with van der Waals surface area (Å²) in [5.41, 5.74) is 4.33. The standard InChI is InChI=1S/C23H21N3/c24-16-18-9-11-19(12-10-18)23(15-17-5-1-2-6-17)21-8-4-3-7-20(21)22-25-13-14-26(22)23/h3-4,7-14,17H,1-2,5-6,15H2/t23-/m1/s1. The summed E-state index contributed by atoms with van der Waals surface area (Å²) in [4.78, 5) is 4.68. The van der Waals surface area contributed by atoms with Crippen molar-refractivity contribution < 1.29 is 0 Å². The van der Waals surface area contributed by atoms with Gasteiger partial charge in [0.05, 0.1) is 17.2 Å². The van der Waals surface area contributed by atoms with Crippen molar-refractivity contribution in [1.82, 2.24) is 9.55 Å². The highest BCUT2D eigenvalue weighted by atomic mass is 15.2. The van der Waals surface area contributed by atoms with Crippen LogP contribution in [-0.4, -0.2) is 9.55 Å². The van der Waals surface area contributed by atoms with Gasteiger partial charge < -0.3 is 4.57 Å². The molecule has 128 valence electrons. The van der Waals surface area contributed by atoms with Gasteiger partial charge in [0.2, 0.25) is 0 Å². The fraction of sp³-hybridized carbons (Fsp3) is 0.304. The lowest BCUT2D eigenvalue weighted by Crippen LogP contribution is -2.35. The summed E-state index contributed by atoms with van der Waals surface area (Å²) in [6.45, 7) is 0. The van der Waals surface area contributed by atoms with E-state index in [4.69, 9.17) is 0 Å². The molecule has 1 aromatic heterocycles. The molecule has 1 fully saturated rings. The summed E-state index contributed by atoms with van der Waals surface area (Å²) in [5.74, 6) is 1.79. The van der Waals surface area contributed by atoms with Gasteiger partial charge in [0.1, 0.15) is 5.82 Å². The number of nitrogens with zero attached hydrogens (tertiary/aromatic N) is 3. The van der Waals surface area contributed by atoms with E-state index in [1.54, 1.807) is 0 Å². The molecule has 0 bridgehead atoms. The Morgan fingerprint density at radius 1 is 1.08 bits per heavy atom. The van der Waals surface area contributed by atoms with Crippen LogP contribution in [0, 0.1) is 17.2 Å². The highest BCUT2D eigenvalue weighted by Gasteiger charge is 2.46. The molecule has 1 atom stereocenters. The average molecular weight is 339 g/mol. The molecule has 0 amide bonds. The summed E-state index contributed by atoms with van der Waals surface area (Å²) in [6, 6.07) is 19.1. The second-order valence-corrected chi connectivity index (χ2v) is 7.57. The van der Waals surface area contributed by atoms with Crippen molar-refractivity contribution in [1.29, 1.82) is 5.26 Å². The van der Waals surface area contributed by atoms with Gasteiger partial charge in [-0.15, -0.1) is 0 Å². The number of aromatic nitrogens is 2. The van der Waals surface area contributed by atoms with Gasteiger partial charge in [-0.05, 0) is 35.6 Å². The maximum atomic E-state index is 9.21. The maximum absolute atomic E-state index is 9.21. The fourth-order valence-electron chi connectivity index (χ4n) is 5.05. The van der Waals surface area contributed by atoms with E-state index in [1.807, 2.05) is 18.3 Å². The van der Waals surface area contributed by atoms with Crippen molar-refractivity contribution in [3.8, 4) is 17.5 Å². The number of nitriles is 1. The summed E-state index contributed by atoms with van der Waals surface area (Å²) in [7, 11) is 0. The van der Waals surface area contributed by atoms with Gasteiger partial charge >= 0.3 is 0 Å². The molecule has 2 aromatic carbocycles. The third-order valence-corrected chi connectivity index (χ3v) is 6.22. The molecule has 1 saturated carbocycles. The Balaban J connectivity index is 1.76. The van der Waals surface area contributed by atoms with Crippen LogP contribution >= 0.6 is 0 Å². The van der Waals surface area contributed by atoms with E-state index in [9.17, 15) is 5.26 Å². The highest BCUT2D eigenvalue weighted by Crippen LogP contribution is 2.51. The molecule has 0 radical (unpaired) electrons. The van der Waals surface area contributed by atoms with Gasteiger partial charge in [-0.1, -0.05) is 62.1 Å². The summed E-state index contributed by atoms with van der Waals surface area (Å²) in [6.07, 6.45) is 10.4. The minimum absolute atomic E-state index is 0.217. The molecule has 0 N–H and O–H groups in total. The Morgan fingerprint density at radius 2 is 1.85 bits per heavy atom. The normalized spacial score (nSPS) is 21.3. The van der Waals surface area contributed by atoms with Gasteiger partial charge in [0.15, 0.2) is 0 Å². The zero-order valence-corrected chi connectivity index (χ0v) is 14.7. The van der Waals surface area contributed by atoms with Gasteiger partial charge in [0.25, 0.3) is 0 Å². The average Bonchev–Trinajstić information content (AvgIpc) is 3.42. The van der Waals surface area contributed by atoms with Crippen LogP contribution in [0.1, 0.15) is 48.8 Å². The molecule has 5 rings (SSSR count). The monoisotopic (exact) mass is 339 g/mol. The summed E-state index contributed by atoms with van der Waals surface area (Å²) < 4.78 is 2.37. The van der Waals surface area contributed by atoms with E-state index >= 15 is 0 Å².